The highest BCUT2D eigenvalue weighted by Crippen LogP contribution is 2.36. The SMILES string of the molecule is C[C@H](CNc1cc(-c2cnc3c(cnn3C3CN(C(=O)OC(C)(C)C)C3)c2)ncn1)c1ccnc2c1OCCO2.S. The second-order valence-electron chi connectivity index (χ2n) is 11.1. The number of fused-ring (bicyclic) bond motifs is 2. The second-order valence-corrected chi connectivity index (χ2v) is 11.1. The Morgan fingerprint density at radius 1 is 1.12 bits per heavy atom. The molecule has 4 aromatic heterocycles. The Bertz CT molecular complexity index is 1550. The standard InChI is InChI=1S/C28H32N8O4.H2S/c1-17(21-5-6-29-26-24(21)38-7-8-39-26)11-30-23-10-22(32-16-33-23)18-9-19-13-34-36(25(19)31-12-18)20-14-35(15-20)27(37)40-28(2,3)4;/h5-6,9-10,12-13,16-17,20H,7-8,11,14-15H2,1-4H3,(H,30,32,33);1H2/t17-;/m1./s1. The van der Waals surface area contributed by atoms with E-state index in [0.717, 1.165) is 27.9 Å². The molecule has 0 radical (unpaired) electrons. The summed E-state index contributed by atoms with van der Waals surface area (Å²) < 4.78 is 18.8. The number of hydrogen-bond acceptors (Lipinski definition) is 10. The number of carbonyl (C=O) groups is 1. The van der Waals surface area contributed by atoms with Crippen molar-refractivity contribution in [2.45, 2.75) is 45.3 Å². The summed E-state index contributed by atoms with van der Waals surface area (Å²) in [5, 5.41) is 8.87. The smallest absolute Gasteiger partial charge is 0.410 e. The molecule has 0 unspecified atom stereocenters. The van der Waals surface area contributed by atoms with Gasteiger partial charge in [-0.25, -0.2) is 29.4 Å². The van der Waals surface area contributed by atoms with Crippen molar-refractivity contribution in [3.05, 3.63) is 48.7 Å². The quantitative estimate of drug-likeness (QED) is 0.356. The van der Waals surface area contributed by atoms with Crippen LogP contribution in [-0.4, -0.2) is 79.2 Å². The number of carbonyl (C=O) groups excluding carboxylic acids is 1. The van der Waals surface area contributed by atoms with Gasteiger partial charge in [-0.1, -0.05) is 6.92 Å². The third kappa shape index (κ3) is 5.99. The highest BCUT2D eigenvalue weighted by molar-refractivity contribution is 7.59. The molecule has 13 heteroatoms. The van der Waals surface area contributed by atoms with E-state index in [4.69, 9.17) is 14.2 Å². The molecule has 0 bridgehead atoms. The van der Waals surface area contributed by atoms with Crippen LogP contribution in [0.4, 0.5) is 10.6 Å². The topological polar surface area (TPSA) is 129 Å². The fraction of sp³-hybridized carbons (Fsp3) is 0.429. The van der Waals surface area contributed by atoms with Crippen molar-refractivity contribution in [2.24, 2.45) is 0 Å². The first-order valence-electron chi connectivity index (χ1n) is 13.4. The zero-order chi connectivity index (χ0) is 27.9. The number of likely N-dealkylation sites (tertiary alicyclic amines) is 1. The summed E-state index contributed by atoms with van der Waals surface area (Å²) in [6.45, 7) is 10.4. The van der Waals surface area contributed by atoms with Crippen molar-refractivity contribution >= 4 is 36.4 Å². The van der Waals surface area contributed by atoms with E-state index in [1.165, 1.54) is 0 Å². The van der Waals surface area contributed by atoms with Gasteiger partial charge in [-0.2, -0.15) is 18.6 Å². The van der Waals surface area contributed by atoms with E-state index < -0.39 is 5.60 Å². The third-order valence-corrected chi connectivity index (χ3v) is 6.85. The largest absolute Gasteiger partial charge is 0.484 e. The molecule has 0 spiro atoms. The van der Waals surface area contributed by atoms with Crippen LogP contribution in [0.5, 0.6) is 11.6 Å². The fourth-order valence-electron chi connectivity index (χ4n) is 4.77. The van der Waals surface area contributed by atoms with Gasteiger partial charge in [0.15, 0.2) is 11.4 Å². The maximum atomic E-state index is 12.3. The summed E-state index contributed by atoms with van der Waals surface area (Å²) in [4.78, 5) is 31.8. The van der Waals surface area contributed by atoms with E-state index in [0.29, 0.717) is 50.3 Å². The van der Waals surface area contributed by atoms with Gasteiger partial charge in [0, 0.05) is 60.5 Å². The molecule has 4 aromatic rings. The first kappa shape index (κ1) is 28.4. The van der Waals surface area contributed by atoms with Crippen LogP contribution in [0, 0.1) is 0 Å². The molecule has 0 aliphatic carbocycles. The van der Waals surface area contributed by atoms with Crippen molar-refractivity contribution in [2.75, 3.05) is 38.2 Å². The lowest BCUT2D eigenvalue weighted by atomic mass is 10.0. The van der Waals surface area contributed by atoms with Gasteiger partial charge in [0.25, 0.3) is 5.88 Å². The molecule has 0 saturated carbocycles. The molecular weight excluding hydrogens is 544 g/mol. The lowest BCUT2D eigenvalue weighted by Crippen LogP contribution is -2.52. The number of amides is 1. The molecule has 1 atom stereocenters. The molecule has 6 heterocycles. The minimum Gasteiger partial charge on any atom is -0.484 e. The van der Waals surface area contributed by atoms with E-state index in [1.807, 2.05) is 43.7 Å². The Hall–Kier alpha value is -4.13. The number of pyridine rings is 2. The molecule has 0 aromatic carbocycles. The maximum Gasteiger partial charge on any atom is 0.410 e. The second kappa shape index (κ2) is 11.4. The van der Waals surface area contributed by atoms with Crippen LogP contribution in [0.1, 0.15) is 45.2 Å². The number of ether oxygens (including phenoxy) is 3. The molecule has 1 saturated heterocycles. The molecule has 216 valence electrons. The molecular formula is C28H34N8O4S. The van der Waals surface area contributed by atoms with Crippen molar-refractivity contribution in [3.63, 3.8) is 0 Å². The molecule has 2 aliphatic heterocycles. The highest BCUT2D eigenvalue weighted by atomic mass is 32.1. The molecule has 12 nitrogen and oxygen atoms in total. The summed E-state index contributed by atoms with van der Waals surface area (Å²) >= 11 is 0. The van der Waals surface area contributed by atoms with Gasteiger partial charge in [-0.15, -0.1) is 0 Å². The minimum atomic E-state index is -0.517. The number of anilines is 1. The number of hydrogen-bond donors (Lipinski definition) is 1. The fourth-order valence-corrected chi connectivity index (χ4v) is 4.77. The Kier molecular flexibility index (Phi) is 7.89. The Labute approximate surface area is 244 Å². The van der Waals surface area contributed by atoms with Crippen molar-refractivity contribution in [3.8, 4) is 22.9 Å². The van der Waals surface area contributed by atoms with Crippen LogP contribution in [0.25, 0.3) is 22.3 Å². The van der Waals surface area contributed by atoms with Crippen molar-refractivity contribution in [1.29, 1.82) is 0 Å². The van der Waals surface area contributed by atoms with Gasteiger partial charge in [0.1, 0.15) is 31.0 Å². The van der Waals surface area contributed by atoms with E-state index >= 15 is 0 Å². The average Bonchev–Trinajstić information content (AvgIpc) is 3.32. The van der Waals surface area contributed by atoms with Crippen LogP contribution < -0.4 is 14.8 Å². The van der Waals surface area contributed by atoms with E-state index in [9.17, 15) is 4.79 Å². The number of rotatable bonds is 6. The first-order valence-corrected chi connectivity index (χ1v) is 13.4. The summed E-state index contributed by atoms with van der Waals surface area (Å²) in [5.74, 6) is 2.11. The Morgan fingerprint density at radius 3 is 2.73 bits per heavy atom. The minimum absolute atomic E-state index is 0. The van der Waals surface area contributed by atoms with E-state index in [1.54, 1.807) is 29.8 Å². The van der Waals surface area contributed by atoms with E-state index in [-0.39, 0.29) is 31.5 Å². The lowest BCUT2D eigenvalue weighted by molar-refractivity contribution is 0.0000838. The van der Waals surface area contributed by atoms with E-state index in [2.05, 4.69) is 37.3 Å². The number of nitrogens with one attached hydrogen (secondary N) is 1. The van der Waals surface area contributed by atoms with Crippen molar-refractivity contribution in [1.82, 2.24) is 34.6 Å². The molecule has 2 aliphatic rings. The molecule has 1 amide bonds. The monoisotopic (exact) mass is 578 g/mol. The maximum absolute atomic E-state index is 12.3. The summed E-state index contributed by atoms with van der Waals surface area (Å²) in [7, 11) is 0. The molecule has 6 rings (SSSR count). The summed E-state index contributed by atoms with van der Waals surface area (Å²) in [5.41, 5.74) is 2.91. The number of nitrogens with zero attached hydrogens (tertiary/aromatic N) is 7. The average molecular weight is 579 g/mol. The summed E-state index contributed by atoms with van der Waals surface area (Å²) in [6.07, 6.45) is 6.57. The third-order valence-electron chi connectivity index (χ3n) is 6.85. The predicted molar refractivity (Wildman–Crippen MR) is 158 cm³/mol. The van der Waals surface area contributed by atoms with Crippen LogP contribution in [0.15, 0.2) is 43.1 Å². The number of aromatic nitrogens is 6. The zero-order valence-corrected chi connectivity index (χ0v) is 24.5. The van der Waals surface area contributed by atoms with Crippen molar-refractivity contribution < 1.29 is 19.0 Å². The van der Waals surface area contributed by atoms with Gasteiger partial charge < -0.3 is 24.4 Å². The normalized spacial score (nSPS) is 15.6. The molecule has 1 N–H and O–H groups in total. The van der Waals surface area contributed by atoms with Crippen LogP contribution >= 0.6 is 13.5 Å². The lowest BCUT2D eigenvalue weighted by Gasteiger charge is -2.39. The highest BCUT2D eigenvalue weighted by Gasteiger charge is 2.36. The first-order chi connectivity index (χ1) is 19.2. The summed E-state index contributed by atoms with van der Waals surface area (Å²) in [6, 6.07) is 5.95. The molecule has 41 heavy (non-hydrogen) atoms. The van der Waals surface area contributed by atoms with Gasteiger partial charge in [-0.3, -0.25) is 0 Å². The van der Waals surface area contributed by atoms with Crippen LogP contribution in [-0.2, 0) is 4.74 Å². The Balaban J connectivity index is 0.00000337. The predicted octanol–water partition coefficient (Wildman–Crippen LogP) is 4.17. The zero-order valence-electron chi connectivity index (χ0n) is 23.5. The van der Waals surface area contributed by atoms with Crippen LogP contribution in [0.3, 0.4) is 0 Å². The molecule has 1 fully saturated rings. The Morgan fingerprint density at radius 2 is 1.93 bits per heavy atom. The van der Waals surface area contributed by atoms with Gasteiger partial charge in [0.2, 0.25) is 0 Å². The van der Waals surface area contributed by atoms with Gasteiger partial charge in [-0.05, 0) is 32.9 Å². The van der Waals surface area contributed by atoms with Gasteiger partial charge in [0.05, 0.1) is 17.9 Å². The van der Waals surface area contributed by atoms with Crippen LogP contribution in [0.2, 0.25) is 0 Å². The van der Waals surface area contributed by atoms with Gasteiger partial charge >= 0.3 is 6.09 Å².